The van der Waals surface area contributed by atoms with Crippen LogP contribution in [-0.2, 0) is 6.18 Å². The van der Waals surface area contributed by atoms with Gasteiger partial charge in [-0.25, -0.2) is 10.8 Å². The fourth-order valence-electron chi connectivity index (χ4n) is 1.34. The molecule has 0 radical (unpaired) electrons. The van der Waals surface area contributed by atoms with Gasteiger partial charge < -0.3 is 15.4 Å². The number of nitrogens with one attached hydrogen (secondary N) is 1. The summed E-state index contributed by atoms with van der Waals surface area (Å²) in [5, 5.41) is 9.25. The molecular weight excluding hydrogens is 261 g/mol. The number of nitrogens with zero attached hydrogens (tertiary/aromatic N) is 2. The molecule has 0 saturated heterocycles. The highest BCUT2D eigenvalue weighted by Gasteiger charge is 2.33. The Morgan fingerprint density at radius 3 is 2.37 bits per heavy atom. The number of aromatic nitrogens is 1. The van der Waals surface area contributed by atoms with Crippen LogP contribution in [0.3, 0.4) is 0 Å². The molecule has 4 N–H and O–H groups in total. The predicted molar refractivity (Wildman–Crippen MR) is 66.6 cm³/mol. The Kier molecular flexibility index (Phi) is 4.26. The minimum absolute atomic E-state index is 0.0711. The van der Waals surface area contributed by atoms with Gasteiger partial charge in [-0.2, -0.15) is 13.2 Å². The Morgan fingerprint density at radius 1 is 1.37 bits per heavy atom. The molecule has 0 aliphatic carbocycles. The largest absolute Gasteiger partial charge is 0.416 e. The second kappa shape index (κ2) is 5.22. The van der Waals surface area contributed by atoms with E-state index in [9.17, 15) is 18.3 Å². The molecule has 0 bridgehead atoms. The number of halogens is 3. The Balaban J connectivity index is 3.28. The van der Waals surface area contributed by atoms with Gasteiger partial charge in [0.05, 0.1) is 17.7 Å². The number of hydrogen-bond donors (Lipinski definition) is 3. The quantitative estimate of drug-likeness (QED) is 0.576. The van der Waals surface area contributed by atoms with E-state index < -0.39 is 17.3 Å². The highest BCUT2D eigenvalue weighted by atomic mass is 19.4. The summed E-state index contributed by atoms with van der Waals surface area (Å²) in [5.74, 6) is 5.10. The molecule has 0 atom stereocenters. The van der Waals surface area contributed by atoms with Crippen LogP contribution in [0.1, 0.15) is 19.4 Å². The predicted octanol–water partition coefficient (Wildman–Crippen LogP) is 1.59. The number of alkyl halides is 3. The molecule has 108 valence electrons. The Morgan fingerprint density at radius 2 is 1.95 bits per heavy atom. The van der Waals surface area contributed by atoms with E-state index in [0.717, 1.165) is 12.1 Å². The summed E-state index contributed by atoms with van der Waals surface area (Å²) in [6.07, 6.45) is -4.49. The van der Waals surface area contributed by atoms with Crippen molar-refractivity contribution in [2.75, 3.05) is 24.0 Å². The van der Waals surface area contributed by atoms with Crippen molar-refractivity contribution in [1.29, 1.82) is 0 Å². The Bertz CT molecular complexity index is 448. The summed E-state index contributed by atoms with van der Waals surface area (Å²) in [6, 6.07) is 1.74. The van der Waals surface area contributed by atoms with Crippen molar-refractivity contribution in [2.45, 2.75) is 25.6 Å². The lowest BCUT2D eigenvalue weighted by molar-refractivity contribution is -0.137. The number of nitrogen functional groups attached to an aromatic ring is 1. The van der Waals surface area contributed by atoms with Crippen LogP contribution < -0.4 is 16.2 Å². The smallest absolute Gasteiger partial charge is 0.394 e. The van der Waals surface area contributed by atoms with Crippen LogP contribution in [-0.4, -0.2) is 29.3 Å². The molecule has 0 unspecified atom stereocenters. The summed E-state index contributed by atoms with van der Waals surface area (Å²) >= 11 is 0. The first kappa shape index (κ1) is 15.5. The lowest BCUT2D eigenvalue weighted by Crippen LogP contribution is -2.45. The minimum Gasteiger partial charge on any atom is -0.394 e. The maximum atomic E-state index is 12.8. The summed E-state index contributed by atoms with van der Waals surface area (Å²) in [6.45, 7) is 3.14. The highest BCUT2D eigenvalue weighted by molar-refractivity contribution is 5.51. The number of nitrogens with two attached hydrogens (primary N) is 1. The number of anilines is 2. The molecule has 1 aromatic heterocycles. The van der Waals surface area contributed by atoms with E-state index in [0.29, 0.717) is 0 Å². The molecule has 1 heterocycles. The molecular formula is C11H17F3N4O. The first-order valence-corrected chi connectivity index (χ1v) is 5.52. The third-order valence-electron chi connectivity index (χ3n) is 2.93. The van der Waals surface area contributed by atoms with Crippen molar-refractivity contribution in [2.24, 2.45) is 5.84 Å². The van der Waals surface area contributed by atoms with Gasteiger partial charge >= 0.3 is 6.18 Å². The lowest BCUT2D eigenvalue weighted by Gasteiger charge is -2.35. The van der Waals surface area contributed by atoms with Crippen LogP contribution >= 0.6 is 0 Å². The van der Waals surface area contributed by atoms with Gasteiger partial charge in [-0.1, -0.05) is 0 Å². The number of hydrogen-bond acceptors (Lipinski definition) is 5. The van der Waals surface area contributed by atoms with Gasteiger partial charge in [0.15, 0.2) is 0 Å². The van der Waals surface area contributed by atoms with E-state index in [1.54, 1.807) is 20.9 Å². The van der Waals surface area contributed by atoms with Gasteiger partial charge in [-0.3, -0.25) is 0 Å². The van der Waals surface area contributed by atoms with E-state index in [1.807, 2.05) is 0 Å². The van der Waals surface area contributed by atoms with E-state index in [2.05, 4.69) is 10.4 Å². The zero-order valence-electron chi connectivity index (χ0n) is 10.9. The molecule has 0 saturated carbocycles. The van der Waals surface area contributed by atoms with Crippen molar-refractivity contribution in [3.05, 3.63) is 17.7 Å². The van der Waals surface area contributed by atoms with Crippen LogP contribution in [0.25, 0.3) is 0 Å². The maximum Gasteiger partial charge on any atom is 0.416 e. The summed E-state index contributed by atoms with van der Waals surface area (Å²) in [7, 11) is 1.55. The summed E-state index contributed by atoms with van der Waals surface area (Å²) < 4.78 is 38.3. The van der Waals surface area contributed by atoms with Crippen molar-refractivity contribution in [3.63, 3.8) is 0 Å². The van der Waals surface area contributed by atoms with Crippen LogP contribution in [0.5, 0.6) is 0 Å². The zero-order valence-corrected chi connectivity index (χ0v) is 10.9. The third kappa shape index (κ3) is 3.48. The van der Waals surface area contributed by atoms with Gasteiger partial charge in [-0.05, 0) is 26.0 Å². The first-order chi connectivity index (χ1) is 8.61. The van der Waals surface area contributed by atoms with Gasteiger partial charge in [0.2, 0.25) is 0 Å². The second-order valence-electron chi connectivity index (χ2n) is 4.77. The monoisotopic (exact) mass is 278 g/mol. The normalized spacial score (nSPS) is 12.4. The molecule has 0 fully saturated rings. The molecule has 1 rings (SSSR count). The summed E-state index contributed by atoms with van der Waals surface area (Å²) in [4.78, 5) is 5.42. The molecule has 1 aromatic rings. The summed E-state index contributed by atoms with van der Waals surface area (Å²) in [5.41, 5.74) is 0.501. The van der Waals surface area contributed by atoms with E-state index in [1.165, 1.54) is 4.90 Å². The fraction of sp³-hybridized carbons (Fsp3) is 0.545. The number of pyridine rings is 1. The van der Waals surface area contributed by atoms with Crippen molar-refractivity contribution < 1.29 is 18.3 Å². The molecule has 5 nitrogen and oxygen atoms in total. The SMILES string of the molecule is CN(c1cc(C(F)(F)F)cc(NN)n1)C(C)(C)CO. The Labute approximate surface area is 109 Å². The van der Waals surface area contributed by atoms with E-state index in [-0.39, 0.29) is 18.2 Å². The van der Waals surface area contributed by atoms with Gasteiger partial charge in [0.1, 0.15) is 11.6 Å². The zero-order chi connectivity index (χ0) is 14.8. The van der Waals surface area contributed by atoms with Crippen LogP contribution in [0, 0.1) is 0 Å². The topological polar surface area (TPSA) is 74.4 Å². The van der Waals surface area contributed by atoms with Gasteiger partial charge in [0.25, 0.3) is 0 Å². The number of rotatable bonds is 4. The molecule has 0 aliphatic heterocycles. The number of hydrazine groups is 1. The number of aliphatic hydroxyl groups is 1. The molecule has 0 aliphatic rings. The standard InChI is InChI=1S/C11H17F3N4O/c1-10(2,6-19)18(3)9-5-7(11(12,13)14)4-8(16-9)17-15/h4-5,19H,6,15H2,1-3H3,(H,16,17). The fourth-order valence-corrected chi connectivity index (χ4v) is 1.34. The highest BCUT2D eigenvalue weighted by Crippen LogP contribution is 2.33. The lowest BCUT2D eigenvalue weighted by atomic mass is 10.0. The van der Waals surface area contributed by atoms with Crippen LogP contribution in [0.4, 0.5) is 24.8 Å². The molecule has 0 spiro atoms. The average molecular weight is 278 g/mol. The van der Waals surface area contributed by atoms with Crippen molar-refractivity contribution in [3.8, 4) is 0 Å². The third-order valence-corrected chi connectivity index (χ3v) is 2.93. The molecule has 8 heteroatoms. The second-order valence-corrected chi connectivity index (χ2v) is 4.77. The number of aliphatic hydroxyl groups excluding tert-OH is 1. The average Bonchev–Trinajstić information content (AvgIpc) is 2.36. The van der Waals surface area contributed by atoms with E-state index >= 15 is 0 Å². The minimum atomic E-state index is -4.49. The van der Waals surface area contributed by atoms with E-state index in [4.69, 9.17) is 5.84 Å². The van der Waals surface area contributed by atoms with Gasteiger partial charge in [0, 0.05) is 7.05 Å². The maximum absolute atomic E-state index is 12.8. The molecule has 19 heavy (non-hydrogen) atoms. The van der Waals surface area contributed by atoms with Crippen LogP contribution in [0.15, 0.2) is 12.1 Å². The van der Waals surface area contributed by atoms with Crippen molar-refractivity contribution in [1.82, 2.24) is 4.98 Å². The van der Waals surface area contributed by atoms with Gasteiger partial charge in [-0.15, -0.1) is 0 Å². The Hall–Kier alpha value is -1.54. The van der Waals surface area contributed by atoms with Crippen LogP contribution in [0.2, 0.25) is 0 Å². The number of likely N-dealkylation sites (N-methyl/N-ethyl adjacent to an activating group) is 1. The first-order valence-electron chi connectivity index (χ1n) is 5.52. The van der Waals surface area contributed by atoms with Crippen molar-refractivity contribution >= 4 is 11.6 Å². The molecule has 0 amide bonds. The molecule has 0 aromatic carbocycles.